The van der Waals surface area contributed by atoms with Crippen LogP contribution in [0, 0.1) is 18.8 Å². The van der Waals surface area contributed by atoms with E-state index in [1.54, 1.807) is 6.26 Å². The minimum atomic E-state index is 0.603. The molecule has 2 heterocycles. The third-order valence-corrected chi connectivity index (χ3v) is 3.78. The first kappa shape index (κ1) is 14.8. The first-order valence-electron chi connectivity index (χ1n) is 7.19. The van der Waals surface area contributed by atoms with Crippen LogP contribution in [0.4, 0.5) is 0 Å². The van der Waals surface area contributed by atoms with Gasteiger partial charge in [0.25, 0.3) is 0 Å². The van der Waals surface area contributed by atoms with Gasteiger partial charge in [0.2, 0.25) is 11.7 Å². The number of hydrogen-bond donors (Lipinski definition) is 1. The van der Waals surface area contributed by atoms with E-state index in [1.807, 2.05) is 13.0 Å². The van der Waals surface area contributed by atoms with Gasteiger partial charge >= 0.3 is 0 Å². The molecular formula is C15H23N3O2. The second kappa shape index (κ2) is 6.70. The number of nitrogens with zero attached hydrogens (tertiary/aromatic N) is 2. The fourth-order valence-corrected chi connectivity index (χ4v) is 2.42. The summed E-state index contributed by atoms with van der Waals surface area (Å²) in [6, 6.07) is 1.86. The maximum Gasteiger partial charge on any atom is 0.226 e. The molecule has 0 spiro atoms. The Balaban J connectivity index is 1.98. The van der Waals surface area contributed by atoms with Crippen LogP contribution in [0.2, 0.25) is 0 Å². The molecule has 110 valence electrons. The van der Waals surface area contributed by atoms with Gasteiger partial charge in [-0.05, 0) is 44.2 Å². The first-order chi connectivity index (χ1) is 9.61. The maximum absolute atomic E-state index is 5.66. The predicted molar refractivity (Wildman–Crippen MR) is 77.1 cm³/mol. The Hall–Kier alpha value is -1.62. The van der Waals surface area contributed by atoms with Gasteiger partial charge in [-0.2, -0.15) is 4.98 Å². The normalized spacial score (nSPS) is 13.1. The van der Waals surface area contributed by atoms with Crippen molar-refractivity contribution in [1.82, 2.24) is 10.1 Å². The minimum Gasteiger partial charge on any atom is -0.469 e. The highest BCUT2D eigenvalue weighted by Gasteiger charge is 2.16. The zero-order valence-corrected chi connectivity index (χ0v) is 12.4. The number of hydrogen-bond acceptors (Lipinski definition) is 5. The van der Waals surface area contributed by atoms with Crippen molar-refractivity contribution in [2.24, 2.45) is 17.6 Å². The molecule has 20 heavy (non-hydrogen) atoms. The molecule has 2 rings (SSSR count). The Morgan fingerprint density at radius 2 is 2.10 bits per heavy atom. The van der Waals surface area contributed by atoms with E-state index in [9.17, 15) is 0 Å². The molecule has 0 aliphatic rings. The Labute approximate surface area is 119 Å². The van der Waals surface area contributed by atoms with Crippen molar-refractivity contribution in [2.45, 2.75) is 40.0 Å². The Morgan fingerprint density at radius 3 is 2.70 bits per heavy atom. The van der Waals surface area contributed by atoms with E-state index >= 15 is 0 Å². The topological polar surface area (TPSA) is 78.1 Å². The van der Waals surface area contributed by atoms with E-state index in [0.717, 1.165) is 37.1 Å². The second-order valence-electron chi connectivity index (χ2n) is 5.52. The zero-order valence-electron chi connectivity index (χ0n) is 12.4. The van der Waals surface area contributed by atoms with Crippen LogP contribution in [-0.2, 0) is 6.42 Å². The van der Waals surface area contributed by atoms with Gasteiger partial charge in [0, 0.05) is 6.42 Å². The summed E-state index contributed by atoms with van der Waals surface area (Å²) in [6.07, 6.45) is 4.50. The van der Waals surface area contributed by atoms with E-state index in [2.05, 4.69) is 24.0 Å². The standard InChI is InChI=1S/C15H23N3O2/c1-10(2)12(6-8-16)4-5-14-17-15(18-20-14)13-7-9-19-11(13)3/h7,9-10,12H,4-6,8,16H2,1-3H3. The average molecular weight is 277 g/mol. The van der Waals surface area contributed by atoms with Gasteiger partial charge in [0.15, 0.2) is 0 Å². The lowest BCUT2D eigenvalue weighted by molar-refractivity contribution is 0.313. The van der Waals surface area contributed by atoms with Crippen molar-refractivity contribution in [3.05, 3.63) is 24.0 Å². The lowest BCUT2D eigenvalue weighted by Crippen LogP contribution is -2.15. The molecule has 0 aromatic carbocycles. The summed E-state index contributed by atoms with van der Waals surface area (Å²) < 4.78 is 10.6. The highest BCUT2D eigenvalue weighted by Crippen LogP contribution is 2.23. The molecule has 1 unspecified atom stereocenters. The predicted octanol–water partition coefficient (Wildman–Crippen LogP) is 3.19. The molecule has 5 nitrogen and oxygen atoms in total. The second-order valence-corrected chi connectivity index (χ2v) is 5.52. The molecule has 2 aromatic heterocycles. The zero-order chi connectivity index (χ0) is 14.5. The monoisotopic (exact) mass is 277 g/mol. The van der Waals surface area contributed by atoms with Gasteiger partial charge in [-0.3, -0.25) is 0 Å². The van der Waals surface area contributed by atoms with Crippen molar-refractivity contribution in [1.29, 1.82) is 0 Å². The highest BCUT2D eigenvalue weighted by atomic mass is 16.5. The van der Waals surface area contributed by atoms with Gasteiger partial charge < -0.3 is 14.7 Å². The molecule has 1 atom stereocenters. The van der Waals surface area contributed by atoms with E-state index in [0.29, 0.717) is 23.6 Å². The molecule has 0 bridgehead atoms. The summed E-state index contributed by atoms with van der Waals surface area (Å²) in [5.41, 5.74) is 6.55. The van der Waals surface area contributed by atoms with Gasteiger partial charge in [-0.15, -0.1) is 0 Å². The molecule has 5 heteroatoms. The molecule has 0 aliphatic heterocycles. The van der Waals surface area contributed by atoms with Crippen molar-refractivity contribution < 1.29 is 8.94 Å². The average Bonchev–Trinajstić information content (AvgIpc) is 3.02. The summed E-state index contributed by atoms with van der Waals surface area (Å²) in [6.45, 7) is 7.08. The largest absolute Gasteiger partial charge is 0.469 e. The minimum absolute atomic E-state index is 0.603. The molecule has 0 fully saturated rings. The molecule has 0 radical (unpaired) electrons. The van der Waals surface area contributed by atoms with Gasteiger partial charge in [0.05, 0.1) is 11.8 Å². The quantitative estimate of drug-likeness (QED) is 0.840. The summed E-state index contributed by atoms with van der Waals surface area (Å²) in [7, 11) is 0. The Kier molecular flexibility index (Phi) is 4.95. The summed E-state index contributed by atoms with van der Waals surface area (Å²) in [5, 5.41) is 4.02. The fourth-order valence-electron chi connectivity index (χ4n) is 2.42. The third kappa shape index (κ3) is 3.48. The number of rotatable bonds is 7. The van der Waals surface area contributed by atoms with E-state index in [-0.39, 0.29) is 0 Å². The van der Waals surface area contributed by atoms with Crippen molar-refractivity contribution in [3.8, 4) is 11.4 Å². The van der Waals surface area contributed by atoms with Gasteiger partial charge in [-0.25, -0.2) is 0 Å². The lowest BCUT2D eigenvalue weighted by Gasteiger charge is -2.18. The highest BCUT2D eigenvalue weighted by molar-refractivity contribution is 5.55. The van der Waals surface area contributed by atoms with Crippen LogP contribution in [-0.4, -0.2) is 16.7 Å². The molecular weight excluding hydrogens is 254 g/mol. The number of furan rings is 1. The fraction of sp³-hybridized carbons (Fsp3) is 0.600. The summed E-state index contributed by atoms with van der Waals surface area (Å²) in [4.78, 5) is 4.44. The van der Waals surface area contributed by atoms with Crippen molar-refractivity contribution >= 4 is 0 Å². The van der Waals surface area contributed by atoms with Crippen LogP contribution in [0.3, 0.4) is 0 Å². The van der Waals surface area contributed by atoms with Crippen LogP contribution in [0.1, 0.15) is 38.3 Å². The van der Waals surface area contributed by atoms with Gasteiger partial charge in [-0.1, -0.05) is 19.0 Å². The molecule has 2 N–H and O–H groups in total. The lowest BCUT2D eigenvalue weighted by atomic mass is 9.88. The first-order valence-corrected chi connectivity index (χ1v) is 7.19. The molecule has 0 aliphatic carbocycles. The summed E-state index contributed by atoms with van der Waals surface area (Å²) in [5.74, 6) is 3.32. The SMILES string of the molecule is Cc1occc1-c1noc(CCC(CCN)C(C)C)n1. The van der Waals surface area contributed by atoms with E-state index in [1.165, 1.54) is 0 Å². The smallest absolute Gasteiger partial charge is 0.226 e. The Morgan fingerprint density at radius 1 is 1.30 bits per heavy atom. The van der Waals surface area contributed by atoms with Crippen LogP contribution in [0.25, 0.3) is 11.4 Å². The van der Waals surface area contributed by atoms with Crippen LogP contribution in [0.5, 0.6) is 0 Å². The maximum atomic E-state index is 5.66. The number of aromatic nitrogens is 2. The van der Waals surface area contributed by atoms with Crippen molar-refractivity contribution in [3.63, 3.8) is 0 Å². The molecule has 0 amide bonds. The van der Waals surface area contributed by atoms with Gasteiger partial charge in [0.1, 0.15) is 5.76 Å². The Bertz CT molecular complexity index is 531. The number of aryl methyl sites for hydroxylation is 2. The summed E-state index contributed by atoms with van der Waals surface area (Å²) >= 11 is 0. The van der Waals surface area contributed by atoms with E-state index in [4.69, 9.17) is 14.7 Å². The third-order valence-electron chi connectivity index (χ3n) is 3.78. The van der Waals surface area contributed by atoms with Crippen LogP contribution in [0.15, 0.2) is 21.3 Å². The van der Waals surface area contributed by atoms with Crippen LogP contribution >= 0.6 is 0 Å². The molecule has 2 aromatic rings. The molecule has 0 saturated carbocycles. The number of nitrogens with two attached hydrogens (primary N) is 1. The van der Waals surface area contributed by atoms with Crippen LogP contribution < -0.4 is 5.73 Å². The van der Waals surface area contributed by atoms with Crippen molar-refractivity contribution in [2.75, 3.05) is 6.54 Å². The molecule has 0 saturated heterocycles. The van der Waals surface area contributed by atoms with E-state index < -0.39 is 0 Å².